The number of rotatable bonds is 4. The molecule has 0 aromatic carbocycles. The molecule has 23 heavy (non-hydrogen) atoms. The van der Waals surface area contributed by atoms with Crippen LogP contribution in [0, 0.1) is 18.3 Å². The van der Waals surface area contributed by atoms with Crippen molar-refractivity contribution < 1.29 is 14.1 Å². The second-order valence-electron chi connectivity index (χ2n) is 6.52. The molecule has 1 amide bonds. The summed E-state index contributed by atoms with van der Waals surface area (Å²) in [5, 5.41) is 5.88. The number of fused-ring (bicyclic) bond motifs is 1. The summed E-state index contributed by atoms with van der Waals surface area (Å²) in [5.41, 5.74) is -0.0793. The summed E-state index contributed by atoms with van der Waals surface area (Å²) in [5.74, 6) is 1.84. The Kier molecular flexibility index (Phi) is 3.69. The van der Waals surface area contributed by atoms with Crippen molar-refractivity contribution in [1.82, 2.24) is 15.0 Å². The monoisotopic (exact) mass is 333 g/mol. The molecule has 4 heterocycles. The molecule has 0 N–H and O–H groups in total. The maximum absolute atomic E-state index is 12.6. The van der Waals surface area contributed by atoms with E-state index in [9.17, 15) is 4.79 Å². The van der Waals surface area contributed by atoms with E-state index in [0.29, 0.717) is 50.2 Å². The van der Waals surface area contributed by atoms with E-state index in [-0.39, 0.29) is 11.3 Å². The largest absolute Gasteiger partial charge is 0.380 e. The van der Waals surface area contributed by atoms with Crippen molar-refractivity contribution in [2.75, 3.05) is 26.3 Å². The number of amides is 1. The van der Waals surface area contributed by atoms with E-state index < -0.39 is 0 Å². The minimum atomic E-state index is -0.0793. The van der Waals surface area contributed by atoms with Crippen LogP contribution < -0.4 is 0 Å². The van der Waals surface area contributed by atoms with Crippen LogP contribution >= 0.6 is 11.3 Å². The first-order valence-electron chi connectivity index (χ1n) is 7.82. The van der Waals surface area contributed by atoms with Gasteiger partial charge in [-0.2, -0.15) is 4.98 Å². The van der Waals surface area contributed by atoms with Gasteiger partial charge in [0.1, 0.15) is 0 Å². The van der Waals surface area contributed by atoms with Crippen molar-refractivity contribution >= 4 is 17.2 Å². The predicted molar refractivity (Wildman–Crippen MR) is 84.1 cm³/mol. The summed E-state index contributed by atoms with van der Waals surface area (Å²) in [4.78, 5) is 20.0. The fourth-order valence-electron chi connectivity index (χ4n) is 3.66. The van der Waals surface area contributed by atoms with Gasteiger partial charge in [0.2, 0.25) is 11.8 Å². The summed E-state index contributed by atoms with van der Waals surface area (Å²) in [7, 11) is 0. The Labute approximate surface area is 138 Å². The maximum Gasteiger partial charge on any atom is 0.227 e. The zero-order valence-electron chi connectivity index (χ0n) is 13.0. The number of aryl methyl sites for hydroxylation is 1. The highest BCUT2D eigenvalue weighted by Crippen LogP contribution is 2.43. The van der Waals surface area contributed by atoms with Crippen LogP contribution in [0.15, 0.2) is 22.0 Å². The molecule has 0 radical (unpaired) electrons. The molecule has 0 unspecified atom stereocenters. The fraction of sp³-hybridized carbons (Fsp3) is 0.562. The van der Waals surface area contributed by atoms with Gasteiger partial charge in [-0.05, 0) is 18.4 Å². The first-order valence-corrected chi connectivity index (χ1v) is 8.70. The van der Waals surface area contributed by atoms with Crippen LogP contribution in [-0.4, -0.2) is 47.3 Å². The second-order valence-corrected chi connectivity index (χ2v) is 7.55. The molecule has 7 heteroatoms. The quantitative estimate of drug-likeness (QED) is 0.852. The van der Waals surface area contributed by atoms with Crippen molar-refractivity contribution in [1.29, 1.82) is 0 Å². The number of likely N-dealkylation sites (tertiary alicyclic amines) is 1. The van der Waals surface area contributed by atoms with Crippen molar-refractivity contribution in [2.45, 2.75) is 19.8 Å². The van der Waals surface area contributed by atoms with Crippen LogP contribution in [0.25, 0.3) is 0 Å². The minimum absolute atomic E-state index is 0.0793. The number of carbonyl (C=O) groups is 1. The van der Waals surface area contributed by atoms with Crippen molar-refractivity contribution in [3.8, 4) is 0 Å². The third kappa shape index (κ3) is 2.79. The average molecular weight is 333 g/mol. The molecule has 4 rings (SSSR count). The van der Waals surface area contributed by atoms with Crippen LogP contribution in [0.3, 0.4) is 0 Å². The van der Waals surface area contributed by atoms with Crippen LogP contribution in [-0.2, 0) is 22.4 Å². The molecule has 2 aliphatic rings. The molecule has 2 saturated heterocycles. The lowest BCUT2D eigenvalue weighted by Crippen LogP contribution is -2.36. The Morgan fingerprint density at radius 1 is 1.57 bits per heavy atom. The molecule has 6 nitrogen and oxygen atoms in total. The predicted octanol–water partition coefficient (Wildman–Crippen LogP) is 1.70. The maximum atomic E-state index is 12.6. The Morgan fingerprint density at radius 3 is 3.22 bits per heavy atom. The molecule has 2 aliphatic heterocycles. The SMILES string of the molecule is Cc1noc(C[C@]23COC[C@H]2CN(C(=O)Cc2cccs2)C3)n1. The number of carbonyl (C=O) groups excluding carboxylic acids is 1. The summed E-state index contributed by atoms with van der Waals surface area (Å²) < 4.78 is 11.0. The van der Waals surface area contributed by atoms with Gasteiger partial charge in [-0.1, -0.05) is 11.2 Å². The molecule has 2 aromatic rings. The molecule has 0 saturated carbocycles. The molecule has 2 fully saturated rings. The van der Waals surface area contributed by atoms with E-state index in [0.717, 1.165) is 11.4 Å². The Morgan fingerprint density at radius 2 is 2.48 bits per heavy atom. The molecule has 2 aromatic heterocycles. The lowest BCUT2D eigenvalue weighted by Gasteiger charge is -2.25. The second kappa shape index (κ2) is 5.72. The molecular formula is C16H19N3O3S. The summed E-state index contributed by atoms with van der Waals surface area (Å²) in [6.45, 7) is 4.65. The standard InChI is InChI=1S/C16H19N3O3S/c1-11-17-14(22-18-11)6-16-9-19(7-12(16)8-21-10-16)15(20)5-13-3-2-4-23-13/h2-4,12H,5-10H2,1H3/t12-,16+/m1/s1. The molecule has 2 atom stereocenters. The van der Waals surface area contributed by atoms with E-state index in [1.165, 1.54) is 0 Å². The lowest BCUT2D eigenvalue weighted by molar-refractivity contribution is -0.130. The van der Waals surface area contributed by atoms with Gasteiger partial charge in [-0.3, -0.25) is 4.79 Å². The van der Waals surface area contributed by atoms with Crippen LogP contribution in [0.4, 0.5) is 0 Å². The normalized spacial score (nSPS) is 26.7. The Hall–Kier alpha value is -1.73. The van der Waals surface area contributed by atoms with E-state index in [2.05, 4.69) is 10.1 Å². The van der Waals surface area contributed by atoms with E-state index in [1.54, 1.807) is 11.3 Å². The van der Waals surface area contributed by atoms with Crippen molar-refractivity contribution in [3.63, 3.8) is 0 Å². The van der Waals surface area contributed by atoms with Gasteiger partial charge in [0.15, 0.2) is 5.82 Å². The van der Waals surface area contributed by atoms with Gasteiger partial charge in [0, 0.05) is 35.7 Å². The number of hydrogen-bond donors (Lipinski definition) is 0. The highest BCUT2D eigenvalue weighted by molar-refractivity contribution is 7.10. The van der Waals surface area contributed by atoms with Gasteiger partial charge >= 0.3 is 0 Å². The van der Waals surface area contributed by atoms with E-state index in [4.69, 9.17) is 9.26 Å². The molecular weight excluding hydrogens is 314 g/mol. The molecule has 0 spiro atoms. The first kappa shape index (κ1) is 14.8. The lowest BCUT2D eigenvalue weighted by atomic mass is 9.78. The third-order valence-corrected chi connectivity index (χ3v) is 5.73. The molecule has 0 bridgehead atoms. The minimum Gasteiger partial charge on any atom is -0.380 e. The fourth-order valence-corrected chi connectivity index (χ4v) is 4.36. The van der Waals surface area contributed by atoms with Gasteiger partial charge in [0.05, 0.1) is 19.6 Å². The number of aromatic nitrogens is 2. The number of hydrogen-bond acceptors (Lipinski definition) is 6. The van der Waals surface area contributed by atoms with Crippen molar-refractivity contribution in [2.24, 2.45) is 11.3 Å². The summed E-state index contributed by atoms with van der Waals surface area (Å²) in [6, 6.07) is 4.00. The smallest absolute Gasteiger partial charge is 0.227 e. The number of thiophene rings is 1. The number of nitrogens with zero attached hydrogens (tertiary/aromatic N) is 3. The van der Waals surface area contributed by atoms with Gasteiger partial charge in [0.25, 0.3) is 0 Å². The Bertz CT molecular complexity index is 699. The first-order chi connectivity index (χ1) is 11.1. The highest BCUT2D eigenvalue weighted by atomic mass is 32.1. The zero-order valence-corrected chi connectivity index (χ0v) is 13.8. The van der Waals surface area contributed by atoms with Crippen LogP contribution in [0.2, 0.25) is 0 Å². The summed E-state index contributed by atoms with van der Waals surface area (Å²) in [6.07, 6.45) is 1.17. The average Bonchev–Trinajstić information content (AvgIpc) is 3.24. The van der Waals surface area contributed by atoms with E-state index in [1.807, 2.05) is 29.3 Å². The van der Waals surface area contributed by atoms with Gasteiger partial charge in [-0.25, -0.2) is 0 Å². The van der Waals surface area contributed by atoms with Gasteiger partial charge < -0.3 is 14.2 Å². The zero-order chi connectivity index (χ0) is 15.9. The number of ether oxygens (including phenoxy) is 1. The van der Waals surface area contributed by atoms with Crippen LogP contribution in [0.1, 0.15) is 16.6 Å². The highest BCUT2D eigenvalue weighted by Gasteiger charge is 2.52. The van der Waals surface area contributed by atoms with Gasteiger partial charge in [-0.15, -0.1) is 11.3 Å². The third-order valence-electron chi connectivity index (χ3n) is 4.85. The molecule has 122 valence electrons. The van der Waals surface area contributed by atoms with Crippen molar-refractivity contribution in [3.05, 3.63) is 34.1 Å². The topological polar surface area (TPSA) is 68.5 Å². The van der Waals surface area contributed by atoms with Crippen LogP contribution in [0.5, 0.6) is 0 Å². The molecule has 0 aliphatic carbocycles. The summed E-state index contributed by atoms with van der Waals surface area (Å²) >= 11 is 1.63. The van der Waals surface area contributed by atoms with E-state index >= 15 is 0 Å². The Balaban J connectivity index is 1.48.